The van der Waals surface area contributed by atoms with Crippen LogP contribution in [-0.2, 0) is 4.79 Å². The lowest BCUT2D eigenvalue weighted by molar-refractivity contribution is -0.117. The number of rotatable bonds is 4. The molecule has 2 aromatic carbocycles. The Morgan fingerprint density at radius 3 is 2.42 bits per heavy atom. The Morgan fingerprint density at radius 1 is 1.16 bits per heavy atom. The number of ketones is 1. The van der Waals surface area contributed by atoms with Crippen LogP contribution in [0.2, 0.25) is 5.02 Å². The van der Waals surface area contributed by atoms with Gasteiger partial charge in [0.15, 0.2) is 0 Å². The van der Waals surface area contributed by atoms with Gasteiger partial charge in [-0.3, -0.25) is 0 Å². The van der Waals surface area contributed by atoms with E-state index < -0.39 is 0 Å². The fourth-order valence-electron chi connectivity index (χ4n) is 2.24. The van der Waals surface area contributed by atoms with Crippen molar-refractivity contribution in [1.29, 1.82) is 0 Å². The van der Waals surface area contributed by atoms with Crippen molar-refractivity contribution in [3.63, 3.8) is 0 Å². The van der Waals surface area contributed by atoms with E-state index in [-0.39, 0.29) is 11.7 Å². The zero-order valence-corrected chi connectivity index (χ0v) is 11.9. The second-order valence-electron chi connectivity index (χ2n) is 4.91. The number of carbonyl (C=O) groups is 1. The molecule has 1 nitrogen and oxygen atoms in total. The predicted octanol–water partition coefficient (Wildman–Crippen LogP) is 5.09. The molecule has 0 radical (unpaired) electrons. The number of hydrogen-bond donors (Lipinski definition) is 0. The van der Waals surface area contributed by atoms with Crippen molar-refractivity contribution in [3.8, 4) is 11.1 Å². The average molecular weight is 273 g/mol. The van der Waals surface area contributed by atoms with E-state index in [1.807, 2.05) is 42.5 Å². The fraction of sp³-hybridized carbons (Fsp3) is 0.235. The third-order valence-electron chi connectivity index (χ3n) is 3.24. The minimum Gasteiger partial charge on any atom is -0.300 e. The molecular weight excluding hydrogens is 256 g/mol. The van der Waals surface area contributed by atoms with Crippen LogP contribution in [-0.4, -0.2) is 5.78 Å². The van der Waals surface area contributed by atoms with Gasteiger partial charge in [-0.05, 0) is 30.0 Å². The summed E-state index contributed by atoms with van der Waals surface area (Å²) in [6, 6.07) is 16.1. The number of halogens is 1. The Kier molecular flexibility index (Phi) is 4.39. The summed E-state index contributed by atoms with van der Waals surface area (Å²) >= 11 is 6.36. The van der Waals surface area contributed by atoms with Crippen LogP contribution in [0.4, 0.5) is 0 Å². The fourth-order valence-corrected chi connectivity index (χ4v) is 2.54. The first-order valence-electron chi connectivity index (χ1n) is 6.42. The van der Waals surface area contributed by atoms with Crippen LogP contribution < -0.4 is 0 Å². The highest BCUT2D eigenvalue weighted by Gasteiger charge is 2.11. The van der Waals surface area contributed by atoms with Crippen LogP contribution in [0.15, 0.2) is 48.5 Å². The zero-order valence-electron chi connectivity index (χ0n) is 11.2. The van der Waals surface area contributed by atoms with E-state index in [2.05, 4.69) is 13.0 Å². The van der Waals surface area contributed by atoms with Crippen LogP contribution in [0.5, 0.6) is 0 Å². The summed E-state index contributed by atoms with van der Waals surface area (Å²) in [7, 11) is 0. The summed E-state index contributed by atoms with van der Waals surface area (Å²) in [6.45, 7) is 3.67. The summed E-state index contributed by atoms with van der Waals surface area (Å²) in [5, 5.41) is 0.735. The number of carbonyl (C=O) groups excluding carboxylic acids is 1. The monoisotopic (exact) mass is 272 g/mol. The van der Waals surface area contributed by atoms with Crippen LogP contribution in [0.3, 0.4) is 0 Å². The third kappa shape index (κ3) is 3.45. The molecular formula is C17H17ClO. The largest absolute Gasteiger partial charge is 0.300 e. The van der Waals surface area contributed by atoms with Gasteiger partial charge >= 0.3 is 0 Å². The molecule has 0 amide bonds. The Bertz CT molecular complexity index is 575. The first-order chi connectivity index (χ1) is 9.08. The molecule has 0 saturated heterocycles. The summed E-state index contributed by atoms with van der Waals surface area (Å²) in [4.78, 5) is 11.2. The van der Waals surface area contributed by atoms with Crippen molar-refractivity contribution in [1.82, 2.24) is 0 Å². The van der Waals surface area contributed by atoms with E-state index in [4.69, 9.17) is 11.6 Å². The van der Waals surface area contributed by atoms with E-state index in [1.165, 1.54) is 0 Å². The Labute approximate surface area is 119 Å². The molecule has 0 saturated carbocycles. The second-order valence-corrected chi connectivity index (χ2v) is 5.32. The Hall–Kier alpha value is -1.60. The van der Waals surface area contributed by atoms with Crippen LogP contribution in [0.1, 0.15) is 31.7 Å². The molecule has 0 aliphatic rings. The van der Waals surface area contributed by atoms with Gasteiger partial charge in [-0.25, -0.2) is 0 Å². The summed E-state index contributed by atoms with van der Waals surface area (Å²) in [5.74, 6) is 0.413. The van der Waals surface area contributed by atoms with E-state index in [1.54, 1.807) is 6.92 Å². The van der Waals surface area contributed by atoms with Crippen molar-refractivity contribution in [3.05, 3.63) is 59.1 Å². The standard InChI is InChI=1S/C17H17ClO/c1-12(10-13(2)19)15-8-9-16(17(18)11-15)14-6-4-3-5-7-14/h3-9,11-12H,10H2,1-2H3. The number of hydrogen-bond acceptors (Lipinski definition) is 1. The molecule has 2 rings (SSSR count). The molecule has 0 aliphatic carbocycles. The van der Waals surface area contributed by atoms with Crippen molar-refractivity contribution in [2.45, 2.75) is 26.2 Å². The average Bonchev–Trinajstić information content (AvgIpc) is 2.38. The quantitative estimate of drug-likeness (QED) is 0.758. The lowest BCUT2D eigenvalue weighted by atomic mass is 9.94. The molecule has 2 aromatic rings. The maximum Gasteiger partial charge on any atom is 0.130 e. The van der Waals surface area contributed by atoms with Crippen LogP contribution in [0, 0.1) is 0 Å². The second kappa shape index (κ2) is 6.03. The minimum atomic E-state index is 0.204. The molecule has 1 atom stereocenters. The molecule has 19 heavy (non-hydrogen) atoms. The zero-order chi connectivity index (χ0) is 13.8. The summed E-state index contributed by atoms with van der Waals surface area (Å²) in [6.07, 6.45) is 0.557. The van der Waals surface area contributed by atoms with E-state index in [9.17, 15) is 4.79 Å². The molecule has 98 valence electrons. The smallest absolute Gasteiger partial charge is 0.130 e. The van der Waals surface area contributed by atoms with Crippen molar-refractivity contribution >= 4 is 17.4 Å². The molecule has 0 aliphatic heterocycles. The Balaban J connectivity index is 2.30. The van der Waals surface area contributed by atoms with E-state index >= 15 is 0 Å². The highest BCUT2D eigenvalue weighted by atomic mass is 35.5. The molecule has 1 unspecified atom stereocenters. The summed E-state index contributed by atoms with van der Waals surface area (Å²) in [5.41, 5.74) is 3.25. The maximum atomic E-state index is 11.2. The van der Waals surface area contributed by atoms with Gasteiger partial charge in [0.2, 0.25) is 0 Å². The van der Waals surface area contributed by atoms with Gasteiger partial charge < -0.3 is 4.79 Å². The van der Waals surface area contributed by atoms with Crippen LogP contribution in [0.25, 0.3) is 11.1 Å². The lowest BCUT2D eigenvalue weighted by Gasteiger charge is -2.12. The van der Waals surface area contributed by atoms with Gasteiger partial charge in [-0.1, -0.05) is 61.0 Å². The van der Waals surface area contributed by atoms with Gasteiger partial charge in [0.25, 0.3) is 0 Å². The van der Waals surface area contributed by atoms with Gasteiger partial charge in [0.1, 0.15) is 5.78 Å². The minimum absolute atomic E-state index is 0.204. The maximum absolute atomic E-state index is 11.2. The first kappa shape index (κ1) is 13.8. The Morgan fingerprint density at radius 2 is 1.84 bits per heavy atom. The van der Waals surface area contributed by atoms with Gasteiger partial charge in [-0.2, -0.15) is 0 Å². The molecule has 0 aromatic heterocycles. The normalized spacial score (nSPS) is 12.2. The predicted molar refractivity (Wildman–Crippen MR) is 80.6 cm³/mol. The lowest BCUT2D eigenvalue weighted by Crippen LogP contribution is -2.00. The number of Topliss-reactive ketones (excluding diaryl/α,β-unsaturated/α-hetero) is 1. The molecule has 0 heterocycles. The van der Waals surface area contributed by atoms with Crippen LogP contribution >= 0.6 is 11.6 Å². The van der Waals surface area contributed by atoms with Gasteiger partial charge in [0.05, 0.1) is 0 Å². The summed E-state index contributed by atoms with van der Waals surface area (Å²) < 4.78 is 0. The molecule has 2 heteroatoms. The highest BCUT2D eigenvalue weighted by Crippen LogP contribution is 2.31. The van der Waals surface area contributed by atoms with E-state index in [0.29, 0.717) is 6.42 Å². The van der Waals surface area contributed by atoms with Gasteiger partial charge in [0, 0.05) is 17.0 Å². The third-order valence-corrected chi connectivity index (χ3v) is 3.55. The number of benzene rings is 2. The molecule has 0 N–H and O–H groups in total. The van der Waals surface area contributed by atoms with E-state index in [0.717, 1.165) is 21.7 Å². The van der Waals surface area contributed by atoms with Crippen molar-refractivity contribution in [2.75, 3.05) is 0 Å². The molecule has 0 fully saturated rings. The first-order valence-corrected chi connectivity index (χ1v) is 6.80. The molecule has 0 spiro atoms. The van der Waals surface area contributed by atoms with Crippen molar-refractivity contribution < 1.29 is 4.79 Å². The SMILES string of the molecule is CC(=O)CC(C)c1ccc(-c2ccccc2)c(Cl)c1. The molecule has 0 bridgehead atoms. The van der Waals surface area contributed by atoms with Gasteiger partial charge in [-0.15, -0.1) is 0 Å². The topological polar surface area (TPSA) is 17.1 Å². The van der Waals surface area contributed by atoms with Crippen molar-refractivity contribution in [2.24, 2.45) is 0 Å². The highest BCUT2D eigenvalue weighted by molar-refractivity contribution is 6.33.